The molecule has 0 bridgehead atoms. The van der Waals surface area contributed by atoms with Crippen LogP contribution in [-0.2, 0) is 0 Å². The lowest BCUT2D eigenvalue weighted by molar-refractivity contribution is 0.476. The number of halogens is 1. The molecule has 0 unspecified atom stereocenters. The summed E-state index contributed by atoms with van der Waals surface area (Å²) in [4.78, 5) is 0. The van der Waals surface area contributed by atoms with Crippen LogP contribution in [0.1, 0.15) is 36.5 Å². The molecule has 0 fully saturated rings. The molecule has 0 radical (unpaired) electrons. The van der Waals surface area contributed by atoms with Gasteiger partial charge in [0.05, 0.1) is 5.56 Å². The third-order valence-corrected chi connectivity index (χ3v) is 3.82. The van der Waals surface area contributed by atoms with E-state index in [1.807, 2.05) is 25.1 Å². The first-order valence-electron chi connectivity index (χ1n) is 6.81. The molecular formula is C17H19BrN2O. The molecule has 2 aromatic rings. The highest BCUT2D eigenvalue weighted by molar-refractivity contribution is 9.10. The van der Waals surface area contributed by atoms with Crippen molar-refractivity contribution in [2.75, 3.05) is 0 Å². The van der Waals surface area contributed by atoms with E-state index in [0.717, 1.165) is 15.8 Å². The van der Waals surface area contributed by atoms with E-state index in [4.69, 9.17) is 15.9 Å². The molecule has 0 amide bonds. The summed E-state index contributed by atoms with van der Waals surface area (Å²) in [5.74, 6) is 1.81. The molecule has 0 heterocycles. The number of nitrogens with two attached hydrogens (primary N) is 1. The molecule has 3 nitrogen and oxygen atoms in total. The Hall–Kier alpha value is -1.81. The largest absolute Gasteiger partial charge is 0.456 e. The Labute approximate surface area is 133 Å². The molecule has 0 saturated carbocycles. The van der Waals surface area contributed by atoms with Crippen LogP contribution in [0.5, 0.6) is 11.5 Å². The number of hydrogen-bond donors (Lipinski definition) is 2. The number of amidine groups is 1. The normalized spacial score (nSPS) is 10.7. The summed E-state index contributed by atoms with van der Waals surface area (Å²) in [5.41, 5.74) is 8.49. The molecule has 3 N–H and O–H groups in total. The van der Waals surface area contributed by atoms with Gasteiger partial charge in [0, 0.05) is 4.47 Å². The molecule has 0 aliphatic heterocycles. The van der Waals surface area contributed by atoms with Crippen LogP contribution in [0.2, 0.25) is 0 Å². The Morgan fingerprint density at radius 2 is 1.86 bits per heavy atom. The lowest BCUT2D eigenvalue weighted by Crippen LogP contribution is -2.12. The maximum absolute atomic E-state index is 7.68. The van der Waals surface area contributed by atoms with Crippen molar-refractivity contribution >= 4 is 21.8 Å². The Morgan fingerprint density at radius 1 is 1.14 bits per heavy atom. The van der Waals surface area contributed by atoms with Crippen LogP contribution in [0.25, 0.3) is 0 Å². The maximum atomic E-state index is 7.68. The van der Waals surface area contributed by atoms with Crippen molar-refractivity contribution in [3.63, 3.8) is 0 Å². The summed E-state index contributed by atoms with van der Waals surface area (Å²) in [6.45, 7) is 6.30. The highest BCUT2D eigenvalue weighted by atomic mass is 79.9. The number of benzene rings is 2. The van der Waals surface area contributed by atoms with Gasteiger partial charge in [0.2, 0.25) is 0 Å². The van der Waals surface area contributed by atoms with Gasteiger partial charge in [-0.2, -0.15) is 0 Å². The van der Waals surface area contributed by atoms with Crippen LogP contribution >= 0.6 is 15.9 Å². The van der Waals surface area contributed by atoms with Gasteiger partial charge in [-0.1, -0.05) is 41.9 Å². The number of aryl methyl sites for hydroxylation is 1. The lowest BCUT2D eigenvalue weighted by atomic mass is 10.0. The van der Waals surface area contributed by atoms with Crippen molar-refractivity contribution in [1.29, 1.82) is 5.41 Å². The number of rotatable bonds is 4. The molecule has 21 heavy (non-hydrogen) atoms. The third kappa shape index (κ3) is 3.64. The molecule has 0 atom stereocenters. The Kier molecular flexibility index (Phi) is 4.68. The summed E-state index contributed by atoms with van der Waals surface area (Å²) in [7, 11) is 0. The molecule has 0 saturated heterocycles. The standard InChI is InChI=1S/C17H19BrN2O/c1-10(2)12-5-4-11(3)16(8-12)21-15-7-6-13(18)9-14(15)17(19)20/h4-10H,1-3H3,(H3,19,20). The Balaban J connectivity index is 2.43. The van der Waals surface area contributed by atoms with Crippen LogP contribution < -0.4 is 10.5 Å². The fourth-order valence-electron chi connectivity index (χ4n) is 2.01. The summed E-state index contributed by atoms with van der Waals surface area (Å²) >= 11 is 3.39. The SMILES string of the molecule is Cc1ccc(C(C)C)cc1Oc1ccc(Br)cc1C(=N)N. The predicted molar refractivity (Wildman–Crippen MR) is 90.5 cm³/mol. The fourth-order valence-corrected chi connectivity index (χ4v) is 2.37. The predicted octanol–water partition coefficient (Wildman–Crippen LogP) is 4.96. The quantitative estimate of drug-likeness (QED) is 0.607. The molecule has 0 aliphatic carbocycles. The topological polar surface area (TPSA) is 59.1 Å². The minimum atomic E-state index is -0.0102. The van der Waals surface area contributed by atoms with Crippen LogP contribution in [0.4, 0.5) is 0 Å². The number of ether oxygens (including phenoxy) is 1. The van der Waals surface area contributed by atoms with Crippen LogP contribution in [0.15, 0.2) is 40.9 Å². The molecule has 110 valence electrons. The second-order valence-corrected chi connectivity index (χ2v) is 6.25. The molecule has 0 aromatic heterocycles. The summed E-state index contributed by atoms with van der Waals surface area (Å²) in [6.07, 6.45) is 0. The average molecular weight is 347 g/mol. The Bertz CT molecular complexity index is 680. The van der Waals surface area contributed by atoms with Crippen LogP contribution in [-0.4, -0.2) is 5.84 Å². The van der Waals surface area contributed by atoms with Crippen LogP contribution in [0.3, 0.4) is 0 Å². The summed E-state index contributed by atoms with van der Waals surface area (Å²) in [5, 5.41) is 7.68. The minimum absolute atomic E-state index is 0.0102. The van der Waals surface area contributed by atoms with E-state index in [1.54, 1.807) is 6.07 Å². The highest BCUT2D eigenvalue weighted by Crippen LogP contribution is 2.31. The molecule has 0 spiro atoms. The summed E-state index contributed by atoms with van der Waals surface area (Å²) in [6, 6.07) is 11.7. The number of hydrogen-bond acceptors (Lipinski definition) is 2. The van der Waals surface area contributed by atoms with Crippen molar-refractivity contribution in [2.45, 2.75) is 26.7 Å². The monoisotopic (exact) mass is 346 g/mol. The van der Waals surface area contributed by atoms with Crippen molar-refractivity contribution in [3.8, 4) is 11.5 Å². The summed E-state index contributed by atoms with van der Waals surface area (Å²) < 4.78 is 6.87. The van der Waals surface area contributed by atoms with Gasteiger partial charge in [-0.3, -0.25) is 5.41 Å². The zero-order valence-corrected chi connectivity index (χ0v) is 14.0. The number of nitrogen functional groups attached to an aromatic ring is 1. The first kappa shape index (κ1) is 15.6. The van der Waals surface area contributed by atoms with E-state index in [2.05, 4.69) is 41.9 Å². The van der Waals surface area contributed by atoms with E-state index >= 15 is 0 Å². The first-order chi connectivity index (χ1) is 9.88. The van der Waals surface area contributed by atoms with E-state index < -0.39 is 0 Å². The molecule has 2 aromatic carbocycles. The molecule has 2 rings (SSSR count). The van der Waals surface area contributed by atoms with Gasteiger partial charge in [-0.05, 0) is 48.2 Å². The van der Waals surface area contributed by atoms with Gasteiger partial charge in [-0.15, -0.1) is 0 Å². The lowest BCUT2D eigenvalue weighted by Gasteiger charge is -2.15. The smallest absolute Gasteiger partial charge is 0.138 e. The first-order valence-corrected chi connectivity index (χ1v) is 7.60. The second-order valence-electron chi connectivity index (χ2n) is 5.34. The Morgan fingerprint density at radius 3 is 2.48 bits per heavy atom. The van der Waals surface area contributed by atoms with Gasteiger partial charge >= 0.3 is 0 Å². The van der Waals surface area contributed by atoms with Crippen molar-refractivity contribution in [3.05, 3.63) is 57.6 Å². The highest BCUT2D eigenvalue weighted by Gasteiger charge is 2.11. The fraction of sp³-hybridized carbons (Fsp3) is 0.235. The maximum Gasteiger partial charge on any atom is 0.138 e. The minimum Gasteiger partial charge on any atom is -0.456 e. The molecule has 0 aliphatic rings. The van der Waals surface area contributed by atoms with Gasteiger partial charge in [0.25, 0.3) is 0 Å². The van der Waals surface area contributed by atoms with Crippen molar-refractivity contribution in [2.24, 2.45) is 5.73 Å². The van der Waals surface area contributed by atoms with Crippen molar-refractivity contribution < 1.29 is 4.74 Å². The van der Waals surface area contributed by atoms with E-state index in [1.165, 1.54) is 5.56 Å². The van der Waals surface area contributed by atoms with Gasteiger partial charge in [-0.25, -0.2) is 0 Å². The van der Waals surface area contributed by atoms with Gasteiger partial charge < -0.3 is 10.5 Å². The van der Waals surface area contributed by atoms with Crippen molar-refractivity contribution in [1.82, 2.24) is 0 Å². The number of nitrogens with one attached hydrogen (secondary N) is 1. The van der Waals surface area contributed by atoms with Gasteiger partial charge in [0.1, 0.15) is 17.3 Å². The third-order valence-electron chi connectivity index (χ3n) is 3.33. The molecular weight excluding hydrogens is 328 g/mol. The second kappa shape index (κ2) is 6.31. The van der Waals surface area contributed by atoms with E-state index in [-0.39, 0.29) is 5.84 Å². The zero-order valence-electron chi connectivity index (χ0n) is 12.4. The van der Waals surface area contributed by atoms with E-state index in [0.29, 0.717) is 17.2 Å². The average Bonchev–Trinajstić information content (AvgIpc) is 2.42. The molecule has 4 heteroatoms. The van der Waals surface area contributed by atoms with Crippen LogP contribution in [0, 0.1) is 12.3 Å². The van der Waals surface area contributed by atoms with Gasteiger partial charge in [0.15, 0.2) is 0 Å². The van der Waals surface area contributed by atoms with E-state index in [9.17, 15) is 0 Å². The zero-order chi connectivity index (χ0) is 15.6.